The van der Waals surface area contributed by atoms with Crippen molar-refractivity contribution in [3.63, 3.8) is 0 Å². The summed E-state index contributed by atoms with van der Waals surface area (Å²) in [6.45, 7) is 1.73. The molecule has 2 aromatic carbocycles. The summed E-state index contributed by atoms with van der Waals surface area (Å²) < 4.78 is 17.0. The van der Waals surface area contributed by atoms with Gasteiger partial charge in [0.05, 0.1) is 18.1 Å². The molecule has 2 heterocycles. The average Bonchev–Trinajstić information content (AvgIpc) is 2.86. The maximum absolute atomic E-state index is 12.5. The van der Waals surface area contributed by atoms with E-state index in [1.54, 1.807) is 65.6 Å². The van der Waals surface area contributed by atoms with Gasteiger partial charge in [-0.15, -0.1) is 0 Å². The van der Waals surface area contributed by atoms with Gasteiger partial charge in [-0.3, -0.25) is 4.79 Å². The van der Waals surface area contributed by atoms with Crippen LogP contribution in [-0.2, 0) is 11.2 Å². The third-order valence-corrected chi connectivity index (χ3v) is 5.81. The minimum Gasteiger partial charge on any atom is -0.493 e. The second-order valence-electron chi connectivity index (χ2n) is 8.21. The molecule has 1 fully saturated rings. The number of carboxylic acid groups (broad SMARTS) is 1. The number of pyridine rings is 1. The lowest BCUT2D eigenvalue weighted by molar-refractivity contribution is -0.136. The number of carbonyl (C=O) groups excluding carboxylic acids is 1. The van der Waals surface area contributed by atoms with Gasteiger partial charge in [-0.1, -0.05) is 23.7 Å². The lowest BCUT2D eigenvalue weighted by atomic mass is 9.98. The standard InChI is InChI=1S/C26H25ClN2O6/c27-20-3-10-24(28-16-20)34-22-6-8-23(9-7-22)35-26(32)29-13-11-19(12-14-29)17-33-21-4-1-18(2-5-21)15-25(30)31/h1-10,16,19H,11-15,17H2,(H,30,31). The summed E-state index contributed by atoms with van der Waals surface area (Å²) in [4.78, 5) is 29.1. The van der Waals surface area contributed by atoms with Crippen LogP contribution in [0.15, 0.2) is 66.9 Å². The summed E-state index contributed by atoms with van der Waals surface area (Å²) in [5.41, 5.74) is 0.734. The average molecular weight is 497 g/mol. The number of carboxylic acids is 1. The van der Waals surface area contributed by atoms with Crippen molar-refractivity contribution in [3.8, 4) is 23.1 Å². The first-order valence-corrected chi connectivity index (χ1v) is 11.6. The predicted octanol–water partition coefficient (Wildman–Crippen LogP) is 5.44. The predicted molar refractivity (Wildman–Crippen MR) is 129 cm³/mol. The fraction of sp³-hybridized carbons (Fsp3) is 0.269. The first kappa shape index (κ1) is 24.3. The molecule has 4 rings (SSSR count). The van der Waals surface area contributed by atoms with Gasteiger partial charge in [-0.05, 0) is 66.8 Å². The van der Waals surface area contributed by atoms with E-state index in [0.717, 1.165) is 18.4 Å². The number of nitrogens with zero attached hydrogens (tertiary/aromatic N) is 2. The smallest absolute Gasteiger partial charge is 0.415 e. The van der Waals surface area contributed by atoms with Gasteiger partial charge in [0.25, 0.3) is 0 Å². The summed E-state index contributed by atoms with van der Waals surface area (Å²) in [6, 6.07) is 17.2. The summed E-state index contributed by atoms with van der Waals surface area (Å²) in [5.74, 6) is 1.60. The zero-order chi connectivity index (χ0) is 24.6. The molecule has 9 heteroatoms. The zero-order valence-corrected chi connectivity index (χ0v) is 19.7. The molecule has 0 bridgehead atoms. The van der Waals surface area contributed by atoms with Crippen molar-refractivity contribution < 1.29 is 28.9 Å². The number of benzene rings is 2. The number of likely N-dealkylation sites (tertiary alicyclic amines) is 1. The summed E-state index contributed by atoms with van der Waals surface area (Å²) in [6.07, 6.45) is 2.74. The molecule has 0 aliphatic carbocycles. The monoisotopic (exact) mass is 496 g/mol. The molecule has 1 aliphatic heterocycles. The molecule has 182 valence electrons. The molecule has 8 nitrogen and oxygen atoms in total. The van der Waals surface area contributed by atoms with E-state index < -0.39 is 5.97 Å². The van der Waals surface area contributed by atoms with Crippen molar-refractivity contribution in [3.05, 3.63) is 77.4 Å². The largest absolute Gasteiger partial charge is 0.493 e. The number of hydrogen-bond acceptors (Lipinski definition) is 6. The number of amides is 1. The van der Waals surface area contributed by atoms with Gasteiger partial charge in [0.2, 0.25) is 5.88 Å². The highest BCUT2D eigenvalue weighted by molar-refractivity contribution is 6.30. The van der Waals surface area contributed by atoms with Crippen LogP contribution in [-0.4, -0.2) is 46.7 Å². The third-order valence-electron chi connectivity index (χ3n) is 5.59. The Bertz CT molecular complexity index is 1130. The van der Waals surface area contributed by atoms with E-state index in [4.69, 9.17) is 30.9 Å². The SMILES string of the molecule is O=C(O)Cc1ccc(OCC2CCN(C(=O)Oc3ccc(Oc4ccc(Cl)cn4)cc3)CC2)cc1. The fourth-order valence-electron chi connectivity index (χ4n) is 3.66. The molecule has 0 atom stereocenters. The Hall–Kier alpha value is -3.78. The van der Waals surface area contributed by atoms with Crippen LogP contribution >= 0.6 is 11.6 Å². The maximum Gasteiger partial charge on any atom is 0.415 e. The molecule has 1 aliphatic rings. The minimum atomic E-state index is -0.860. The van der Waals surface area contributed by atoms with Crippen molar-refractivity contribution in [1.82, 2.24) is 9.88 Å². The van der Waals surface area contributed by atoms with Gasteiger partial charge in [-0.25, -0.2) is 9.78 Å². The number of ether oxygens (including phenoxy) is 3. The highest BCUT2D eigenvalue weighted by Crippen LogP contribution is 2.25. The molecular weight excluding hydrogens is 472 g/mol. The number of carbonyl (C=O) groups is 2. The van der Waals surface area contributed by atoms with Crippen LogP contribution in [0.25, 0.3) is 0 Å². The van der Waals surface area contributed by atoms with Crippen LogP contribution in [0.1, 0.15) is 18.4 Å². The Balaban J connectivity index is 1.19. The Labute approximate surface area is 208 Å². The summed E-state index contributed by atoms with van der Waals surface area (Å²) in [5, 5.41) is 9.37. The van der Waals surface area contributed by atoms with E-state index in [9.17, 15) is 9.59 Å². The van der Waals surface area contributed by atoms with E-state index in [1.165, 1.54) is 6.20 Å². The lowest BCUT2D eigenvalue weighted by Crippen LogP contribution is -2.41. The molecule has 3 aromatic rings. The summed E-state index contributed by atoms with van der Waals surface area (Å²) >= 11 is 5.82. The second-order valence-corrected chi connectivity index (χ2v) is 8.65. The second kappa shape index (κ2) is 11.6. The maximum atomic E-state index is 12.5. The Morgan fingerprint density at radius 1 is 0.943 bits per heavy atom. The van der Waals surface area contributed by atoms with E-state index in [2.05, 4.69) is 4.98 Å². The molecule has 35 heavy (non-hydrogen) atoms. The fourth-order valence-corrected chi connectivity index (χ4v) is 3.77. The van der Waals surface area contributed by atoms with Crippen molar-refractivity contribution >= 4 is 23.7 Å². The first-order chi connectivity index (χ1) is 16.9. The van der Waals surface area contributed by atoms with E-state index in [1.807, 2.05) is 0 Å². The van der Waals surface area contributed by atoms with Gasteiger partial charge in [0.1, 0.15) is 17.2 Å². The quantitative estimate of drug-likeness (QED) is 0.443. The Kier molecular flexibility index (Phi) is 8.05. The van der Waals surface area contributed by atoms with Crippen molar-refractivity contribution in [1.29, 1.82) is 0 Å². The highest BCUT2D eigenvalue weighted by Gasteiger charge is 2.24. The summed E-state index contributed by atoms with van der Waals surface area (Å²) in [7, 11) is 0. The number of aromatic nitrogens is 1. The van der Waals surface area contributed by atoms with Gasteiger partial charge in [0.15, 0.2) is 0 Å². The number of aliphatic carboxylic acids is 1. The van der Waals surface area contributed by atoms with Gasteiger partial charge >= 0.3 is 12.1 Å². The van der Waals surface area contributed by atoms with Crippen LogP contribution in [0.3, 0.4) is 0 Å². The van der Waals surface area contributed by atoms with Crippen LogP contribution in [0.4, 0.5) is 4.79 Å². The number of rotatable bonds is 8. The number of piperidine rings is 1. The topological polar surface area (TPSA) is 98.2 Å². The molecule has 1 saturated heterocycles. The van der Waals surface area contributed by atoms with Crippen LogP contribution < -0.4 is 14.2 Å². The van der Waals surface area contributed by atoms with Crippen LogP contribution in [0, 0.1) is 5.92 Å². The molecule has 0 saturated carbocycles. The van der Waals surface area contributed by atoms with E-state index >= 15 is 0 Å². The normalized spacial score (nSPS) is 13.8. The highest BCUT2D eigenvalue weighted by atomic mass is 35.5. The Morgan fingerprint density at radius 3 is 2.23 bits per heavy atom. The zero-order valence-electron chi connectivity index (χ0n) is 18.9. The Morgan fingerprint density at radius 2 is 1.60 bits per heavy atom. The van der Waals surface area contributed by atoms with Gasteiger partial charge in [-0.2, -0.15) is 0 Å². The van der Waals surface area contributed by atoms with Gasteiger partial charge in [0, 0.05) is 25.4 Å². The molecule has 1 N–H and O–H groups in total. The minimum absolute atomic E-state index is 0.00630. The van der Waals surface area contributed by atoms with E-state index in [-0.39, 0.29) is 12.5 Å². The molecular formula is C26H25ClN2O6. The van der Waals surface area contributed by atoms with E-state index in [0.29, 0.717) is 53.8 Å². The number of halogens is 1. The molecule has 0 radical (unpaired) electrons. The molecule has 0 spiro atoms. The van der Waals surface area contributed by atoms with Crippen molar-refractivity contribution in [2.24, 2.45) is 5.92 Å². The first-order valence-electron chi connectivity index (χ1n) is 11.2. The molecule has 1 aromatic heterocycles. The lowest BCUT2D eigenvalue weighted by Gasteiger charge is -2.31. The molecule has 1 amide bonds. The van der Waals surface area contributed by atoms with Crippen molar-refractivity contribution in [2.75, 3.05) is 19.7 Å². The van der Waals surface area contributed by atoms with Crippen LogP contribution in [0.5, 0.6) is 23.1 Å². The number of hydrogen-bond donors (Lipinski definition) is 1. The van der Waals surface area contributed by atoms with Crippen LogP contribution in [0.2, 0.25) is 5.02 Å². The third kappa shape index (κ3) is 7.35. The van der Waals surface area contributed by atoms with Crippen molar-refractivity contribution in [2.45, 2.75) is 19.3 Å². The van der Waals surface area contributed by atoms with Gasteiger partial charge < -0.3 is 24.2 Å². The molecule has 0 unspecified atom stereocenters.